The molecule has 0 bridgehead atoms. The SMILES string of the molecule is CC(=O)OC[C@H]1O[C@@H](Oc2ccc(CO[Si](C)(C)C(C)(C)C)cc2C=O)[C@H](OC(C)=O)[C@@H](OC(C)=O)[C@H]1OC(C)=O. The van der Waals surface area contributed by atoms with Gasteiger partial charge in [0.1, 0.15) is 18.5 Å². The lowest BCUT2D eigenvalue weighted by atomic mass is 9.98. The topological polar surface area (TPSA) is 150 Å². The Morgan fingerprint density at radius 1 is 0.878 bits per heavy atom. The molecule has 1 aromatic carbocycles. The van der Waals surface area contributed by atoms with E-state index in [-0.39, 0.29) is 23.0 Å². The number of hydrogen-bond acceptors (Lipinski definition) is 12. The molecule has 1 fully saturated rings. The van der Waals surface area contributed by atoms with E-state index in [1.54, 1.807) is 18.2 Å². The second kappa shape index (κ2) is 14.1. The van der Waals surface area contributed by atoms with E-state index in [0.717, 1.165) is 26.3 Å². The van der Waals surface area contributed by atoms with Crippen LogP contribution in [-0.2, 0) is 53.9 Å². The monoisotopic (exact) mass is 596 g/mol. The second-order valence-electron chi connectivity index (χ2n) is 11.2. The Bertz CT molecular complexity index is 1130. The summed E-state index contributed by atoms with van der Waals surface area (Å²) >= 11 is 0. The van der Waals surface area contributed by atoms with E-state index in [0.29, 0.717) is 6.29 Å². The summed E-state index contributed by atoms with van der Waals surface area (Å²) in [5, 5.41) is -0.00131. The van der Waals surface area contributed by atoms with Crippen LogP contribution in [0.1, 0.15) is 64.4 Å². The van der Waals surface area contributed by atoms with Gasteiger partial charge in [-0.2, -0.15) is 0 Å². The zero-order chi connectivity index (χ0) is 31.1. The highest BCUT2D eigenvalue weighted by molar-refractivity contribution is 6.74. The van der Waals surface area contributed by atoms with Gasteiger partial charge in [-0.15, -0.1) is 0 Å². The molecule has 2 rings (SSSR count). The van der Waals surface area contributed by atoms with Crippen molar-refractivity contribution in [3.05, 3.63) is 29.3 Å². The van der Waals surface area contributed by atoms with Crippen molar-refractivity contribution in [2.45, 2.75) is 104 Å². The van der Waals surface area contributed by atoms with Crippen LogP contribution in [0.15, 0.2) is 18.2 Å². The van der Waals surface area contributed by atoms with Gasteiger partial charge in [-0.25, -0.2) is 0 Å². The summed E-state index contributed by atoms with van der Waals surface area (Å²) in [5.41, 5.74) is 0.903. The molecule has 41 heavy (non-hydrogen) atoms. The number of carbonyl (C=O) groups is 5. The van der Waals surface area contributed by atoms with Gasteiger partial charge in [-0.3, -0.25) is 24.0 Å². The molecule has 0 aliphatic carbocycles. The van der Waals surface area contributed by atoms with E-state index < -0.39 is 69.5 Å². The Labute approximate surface area is 241 Å². The second-order valence-corrected chi connectivity index (χ2v) is 16.0. The van der Waals surface area contributed by atoms with E-state index in [4.69, 9.17) is 32.8 Å². The molecule has 228 valence electrons. The summed E-state index contributed by atoms with van der Waals surface area (Å²) in [7, 11) is -2.05. The Hall–Kier alpha value is -3.29. The van der Waals surface area contributed by atoms with Gasteiger partial charge in [-0.05, 0) is 35.8 Å². The highest BCUT2D eigenvalue weighted by atomic mass is 28.4. The third-order valence-corrected chi connectivity index (χ3v) is 11.3. The molecule has 0 spiro atoms. The van der Waals surface area contributed by atoms with Crippen LogP contribution in [0.4, 0.5) is 0 Å². The summed E-state index contributed by atoms with van der Waals surface area (Å²) in [4.78, 5) is 59.5. The lowest BCUT2D eigenvalue weighted by Crippen LogP contribution is -2.63. The number of hydrogen-bond donors (Lipinski definition) is 0. The minimum absolute atomic E-state index is 0.00131. The van der Waals surface area contributed by atoms with Gasteiger partial charge < -0.3 is 32.8 Å². The van der Waals surface area contributed by atoms with Crippen LogP contribution in [0.2, 0.25) is 18.1 Å². The standard InChI is InChI=1S/C28H40O12Si/c1-16(30)34-15-23-24(36-17(2)31)25(37-18(3)32)26(38-19(4)33)27(40-23)39-22-11-10-20(12-21(22)13-29)14-35-41(8,9)28(5,6)7/h10-13,23-27H,14-15H2,1-9H3/t23-,24+,25+,26-,27-/m1/s1. The third kappa shape index (κ3) is 9.65. The summed E-state index contributed by atoms with van der Waals surface area (Å²) in [5.74, 6) is -2.84. The summed E-state index contributed by atoms with van der Waals surface area (Å²) in [6.07, 6.45) is -6.17. The number of benzene rings is 1. The maximum atomic E-state index is 12.0. The quantitative estimate of drug-likeness (QED) is 0.159. The minimum Gasteiger partial charge on any atom is -0.463 e. The highest BCUT2D eigenvalue weighted by Crippen LogP contribution is 2.37. The molecular weight excluding hydrogens is 556 g/mol. The third-order valence-electron chi connectivity index (χ3n) is 6.80. The van der Waals surface area contributed by atoms with Crippen LogP contribution >= 0.6 is 0 Å². The minimum atomic E-state index is -2.05. The molecule has 13 heteroatoms. The molecular formula is C28H40O12Si. The first-order valence-electron chi connectivity index (χ1n) is 13.1. The number of aldehydes is 1. The Morgan fingerprint density at radius 2 is 1.44 bits per heavy atom. The summed E-state index contributed by atoms with van der Waals surface area (Å²) < 4.78 is 39.5. The molecule has 1 saturated heterocycles. The Balaban J connectivity index is 2.45. The van der Waals surface area contributed by atoms with Crippen molar-refractivity contribution in [1.82, 2.24) is 0 Å². The normalized spacial score (nSPS) is 22.7. The highest BCUT2D eigenvalue weighted by Gasteiger charge is 2.53. The van der Waals surface area contributed by atoms with Crippen molar-refractivity contribution in [3.63, 3.8) is 0 Å². The van der Waals surface area contributed by atoms with Crippen LogP contribution in [0, 0.1) is 0 Å². The van der Waals surface area contributed by atoms with Gasteiger partial charge >= 0.3 is 23.9 Å². The predicted molar refractivity (Wildman–Crippen MR) is 146 cm³/mol. The van der Waals surface area contributed by atoms with Gasteiger partial charge in [-0.1, -0.05) is 26.8 Å². The van der Waals surface area contributed by atoms with Gasteiger partial charge in [0, 0.05) is 27.7 Å². The maximum Gasteiger partial charge on any atom is 0.303 e. The van der Waals surface area contributed by atoms with E-state index in [2.05, 4.69) is 33.9 Å². The Kier molecular flexibility index (Phi) is 11.6. The molecule has 1 aliphatic rings. The first kappa shape index (κ1) is 33.9. The van der Waals surface area contributed by atoms with E-state index in [9.17, 15) is 24.0 Å². The molecule has 5 atom stereocenters. The average Bonchev–Trinajstić information content (AvgIpc) is 2.84. The van der Waals surface area contributed by atoms with Gasteiger partial charge in [0.15, 0.2) is 26.8 Å². The van der Waals surface area contributed by atoms with Crippen molar-refractivity contribution >= 4 is 38.5 Å². The van der Waals surface area contributed by atoms with Crippen molar-refractivity contribution in [1.29, 1.82) is 0 Å². The largest absolute Gasteiger partial charge is 0.463 e. The van der Waals surface area contributed by atoms with E-state index >= 15 is 0 Å². The maximum absolute atomic E-state index is 12.0. The molecule has 0 unspecified atom stereocenters. The lowest BCUT2D eigenvalue weighted by molar-refractivity contribution is -0.288. The number of carbonyl (C=O) groups excluding carboxylic acids is 5. The summed E-state index contributed by atoms with van der Waals surface area (Å²) in [6.45, 7) is 15.1. The van der Waals surface area contributed by atoms with Crippen LogP contribution in [0.25, 0.3) is 0 Å². The molecule has 1 heterocycles. The first-order valence-corrected chi connectivity index (χ1v) is 16.0. The number of rotatable bonds is 11. The van der Waals surface area contributed by atoms with Crippen LogP contribution < -0.4 is 4.74 Å². The average molecular weight is 597 g/mol. The molecule has 12 nitrogen and oxygen atoms in total. The fraction of sp³-hybridized carbons (Fsp3) is 0.607. The molecule has 0 amide bonds. The predicted octanol–water partition coefficient (Wildman–Crippen LogP) is 3.48. The number of ether oxygens (including phenoxy) is 6. The number of esters is 4. The molecule has 1 aliphatic heterocycles. The van der Waals surface area contributed by atoms with E-state index in [1.807, 2.05) is 0 Å². The molecule has 0 aromatic heterocycles. The smallest absolute Gasteiger partial charge is 0.303 e. The fourth-order valence-electron chi connectivity index (χ4n) is 3.78. The molecule has 0 saturated carbocycles. The van der Waals surface area contributed by atoms with Crippen LogP contribution in [0.3, 0.4) is 0 Å². The van der Waals surface area contributed by atoms with Crippen LogP contribution in [-0.4, -0.2) is 75.8 Å². The molecule has 1 aromatic rings. The zero-order valence-electron chi connectivity index (χ0n) is 25.0. The van der Waals surface area contributed by atoms with Crippen LogP contribution in [0.5, 0.6) is 5.75 Å². The van der Waals surface area contributed by atoms with Crippen molar-refractivity contribution in [2.24, 2.45) is 0 Å². The zero-order valence-corrected chi connectivity index (χ0v) is 26.0. The Morgan fingerprint density at radius 3 is 1.95 bits per heavy atom. The van der Waals surface area contributed by atoms with Crippen molar-refractivity contribution in [3.8, 4) is 5.75 Å². The summed E-state index contributed by atoms with van der Waals surface area (Å²) in [6, 6.07) is 4.88. The fourth-order valence-corrected chi connectivity index (χ4v) is 4.74. The molecule has 0 N–H and O–H groups in total. The van der Waals surface area contributed by atoms with Gasteiger partial charge in [0.05, 0.1) is 12.2 Å². The first-order chi connectivity index (χ1) is 18.9. The van der Waals surface area contributed by atoms with Crippen molar-refractivity contribution in [2.75, 3.05) is 6.61 Å². The van der Waals surface area contributed by atoms with Crippen molar-refractivity contribution < 1.29 is 56.8 Å². The van der Waals surface area contributed by atoms with Gasteiger partial charge in [0.2, 0.25) is 12.4 Å². The molecule has 0 radical (unpaired) electrons. The van der Waals surface area contributed by atoms with Gasteiger partial charge in [0.25, 0.3) is 0 Å². The van der Waals surface area contributed by atoms with E-state index in [1.165, 1.54) is 6.92 Å². The lowest BCUT2D eigenvalue weighted by Gasteiger charge is -2.44.